The van der Waals surface area contributed by atoms with Crippen LogP contribution >= 0.6 is 12.4 Å². The van der Waals surface area contributed by atoms with Crippen molar-refractivity contribution in [3.8, 4) is 0 Å². The largest absolute Gasteiger partial charge is 0.480 e. The van der Waals surface area contributed by atoms with Gasteiger partial charge in [0.2, 0.25) is 0 Å². The predicted molar refractivity (Wildman–Crippen MR) is 61.3 cm³/mol. The predicted octanol–water partition coefficient (Wildman–Crippen LogP) is -2.05. The maximum atomic E-state index is 10.2. The van der Waals surface area contributed by atoms with Gasteiger partial charge >= 0.3 is 5.97 Å². The quantitative estimate of drug-likeness (QED) is 0.268. The van der Waals surface area contributed by atoms with Crippen LogP contribution in [0.5, 0.6) is 0 Å². The first-order valence-electron chi connectivity index (χ1n) is 4.34. The second-order valence-electron chi connectivity index (χ2n) is 2.49. The number of nitrogens with zero attached hydrogens (tertiary/aromatic N) is 1. The van der Waals surface area contributed by atoms with E-state index in [9.17, 15) is 4.79 Å². The molecule has 8 heteroatoms. The summed E-state index contributed by atoms with van der Waals surface area (Å²) in [6.07, 6.45) is 0. The number of carboxylic acids is 1. The Kier molecular flexibility index (Phi) is 12.0. The minimum absolute atomic E-state index is 0. The van der Waals surface area contributed by atoms with E-state index in [-0.39, 0.29) is 19.0 Å². The normalized spacial score (nSPS) is 8.67. The van der Waals surface area contributed by atoms with E-state index in [0.29, 0.717) is 32.1 Å². The van der Waals surface area contributed by atoms with Crippen molar-refractivity contribution in [3.05, 3.63) is 0 Å². The van der Waals surface area contributed by atoms with Crippen molar-refractivity contribution < 1.29 is 9.90 Å². The molecule has 15 heavy (non-hydrogen) atoms. The molecule has 0 aromatic rings. The molecule has 0 saturated heterocycles. The zero-order valence-electron chi connectivity index (χ0n) is 8.40. The number of halogens is 1. The third-order valence-electron chi connectivity index (χ3n) is 1.25. The van der Waals surface area contributed by atoms with Gasteiger partial charge in [-0.3, -0.25) is 4.79 Å². The lowest BCUT2D eigenvalue weighted by molar-refractivity contribution is -0.135. The number of carboxylic acid groups (broad SMARTS) is 1. The zero-order valence-corrected chi connectivity index (χ0v) is 9.22. The van der Waals surface area contributed by atoms with E-state index in [1.54, 1.807) is 0 Å². The molecule has 0 saturated carbocycles. The third-order valence-corrected chi connectivity index (χ3v) is 1.25. The summed E-state index contributed by atoms with van der Waals surface area (Å²) in [7, 11) is 0. The van der Waals surface area contributed by atoms with Crippen LogP contribution in [0.15, 0.2) is 4.99 Å². The van der Waals surface area contributed by atoms with Gasteiger partial charge in [-0.15, -0.1) is 12.4 Å². The van der Waals surface area contributed by atoms with E-state index in [1.165, 1.54) is 0 Å². The van der Waals surface area contributed by atoms with Crippen molar-refractivity contribution in [3.63, 3.8) is 0 Å². The molecule has 0 bridgehead atoms. The van der Waals surface area contributed by atoms with Crippen molar-refractivity contribution in [1.82, 2.24) is 10.6 Å². The first kappa shape index (κ1) is 16.4. The Labute approximate surface area is 94.7 Å². The van der Waals surface area contributed by atoms with Crippen LogP contribution in [0, 0.1) is 0 Å². The average molecular weight is 240 g/mol. The molecule has 0 unspecified atom stereocenters. The molecule has 0 spiro atoms. The number of carbonyl (C=O) groups is 1. The molecule has 0 radical (unpaired) electrons. The number of aliphatic carboxylic acids is 1. The Morgan fingerprint density at radius 2 is 1.67 bits per heavy atom. The smallest absolute Gasteiger partial charge is 0.325 e. The first-order valence-corrected chi connectivity index (χ1v) is 4.34. The van der Waals surface area contributed by atoms with Crippen molar-refractivity contribution in [2.24, 2.45) is 16.5 Å². The number of aliphatic imine (C=N–C) groups is 1. The standard InChI is InChI=1S/C7H17N5O2.ClH/c8-1-3-10-7(11-4-2-9)12-5-6(13)14;/h1-5,8-9H2,(H,13,14)(H2,10,11,12);1H. The average Bonchev–Trinajstić information content (AvgIpc) is 2.16. The minimum Gasteiger partial charge on any atom is -0.480 e. The maximum Gasteiger partial charge on any atom is 0.325 e. The molecule has 0 heterocycles. The van der Waals surface area contributed by atoms with E-state index in [0.717, 1.165) is 0 Å². The molecule has 7 nitrogen and oxygen atoms in total. The third kappa shape index (κ3) is 10.9. The molecular weight excluding hydrogens is 222 g/mol. The molecule has 0 aliphatic carbocycles. The highest BCUT2D eigenvalue weighted by molar-refractivity contribution is 5.85. The van der Waals surface area contributed by atoms with E-state index in [4.69, 9.17) is 16.6 Å². The highest BCUT2D eigenvalue weighted by Crippen LogP contribution is 1.73. The van der Waals surface area contributed by atoms with Gasteiger partial charge in [0.1, 0.15) is 6.54 Å². The van der Waals surface area contributed by atoms with Crippen molar-refractivity contribution in [2.75, 3.05) is 32.7 Å². The fourth-order valence-electron chi connectivity index (χ4n) is 0.702. The summed E-state index contributed by atoms with van der Waals surface area (Å²) in [6, 6.07) is 0. The molecule has 0 aliphatic heterocycles. The van der Waals surface area contributed by atoms with E-state index in [2.05, 4.69) is 15.6 Å². The molecule has 7 N–H and O–H groups in total. The molecule has 0 rings (SSSR count). The molecule has 0 aromatic heterocycles. The Balaban J connectivity index is 0. The van der Waals surface area contributed by atoms with Gasteiger partial charge in [-0.05, 0) is 0 Å². The number of guanidine groups is 1. The summed E-state index contributed by atoms with van der Waals surface area (Å²) in [6.45, 7) is 1.71. The molecular formula is C7H18ClN5O2. The molecule has 0 fully saturated rings. The van der Waals surface area contributed by atoms with Crippen LogP contribution in [0.2, 0.25) is 0 Å². The summed E-state index contributed by atoms with van der Waals surface area (Å²) in [5.74, 6) is -0.560. The van der Waals surface area contributed by atoms with Gasteiger partial charge in [0, 0.05) is 26.2 Å². The van der Waals surface area contributed by atoms with Gasteiger partial charge in [-0.2, -0.15) is 0 Å². The molecule has 0 atom stereocenters. The van der Waals surface area contributed by atoms with Gasteiger partial charge in [0.15, 0.2) is 5.96 Å². The van der Waals surface area contributed by atoms with E-state index in [1.807, 2.05) is 0 Å². The lowest BCUT2D eigenvalue weighted by Gasteiger charge is -2.10. The van der Waals surface area contributed by atoms with Crippen LogP contribution in [0.4, 0.5) is 0 Å². The highest BCUT2D eigenvalue weighted by Gasteiger charge is 1.98. The Morgan fingerprint density at radius 3 is 2.00 bits per heavy atom. The van der Waals surface area contributed by atoms with E-state index >= 15 is 0 Å². The van der Waals surface area contributed by atoms with E-state index < -0.39 is 5.97 Å². The number of hydrogen-bond acceptors (Lipinski definition) is 4. The minimum atomic E-state index is -0.980. The molecule has 0 aromatic carbocycles. The summed E-state index contributed by atoms with van der Waals surface area (Å²) in [5.41, 5.74) is 10.6. The van der Waals surface area contributed by atoms with Gasteiger partial charge in [0.05, 0.1) is 0 Å². The number of rotatable bonds is 6. The Hall–Kier alpha value is -1.05. The lowest BCUT2D eigenvalue weighted by atomic mass is 10.6. The fourth-order valence-corrected chi connectivity index (χ4v) is 0.702. The van der Waals surface area contributed by atoms with Crippen LogP contribution in [0.3, 0.4) is 0 Å². The fraction of sp³-hybridized carbons (Fsp3) is 0.714. The molecule has 0 amide bonds. The number of hydrogen-bond donors (Lipinski definition) is 5. The second-order valence-corrected chi connectivity index (χ2v) is 2.49. The molecule has 90 valence electrons. The van der Waals surface area contributed by atoms with Gasteiger partial charge < -0.3 is 27.2 Å². The van der Waals surface area contributed by atoms with Gasteiger partial charge in [0.25, 0.3) is 0 Å². The van der Waals surface area contributed by atoms with Crippen LogP contribution in [-0.2, 0) is 4.79 Å². The van der Waals surface area contributed by atoms with Crippen LogP contribution in [-0.4, -0.2) is 49.8 Å². The number of nitrogens with two attached hydrogens (primary N) is 2. The van der Waals surface area contributed by atoms with Crippen molar-refractivity contribution in [2.45, 2.75) is 0 Å². The number of nitrogens with one attached hydrogen (secondary N) is 2. The Morgan fingerprint density at radius 1 is 1.20 bits per heavy atom. The van der Waals surface area contributed by atoms with Gasteiger partial charge in [-0.1, -0.05) is 0 Å². The molecule has 0 aliphatic rings. The second kappa shape index (κ2) is 11.0. The SMILES string of the molecule is Cl.NCCNC(=NCC(=O)O)NCCN. The topological polar surface area (TPSA) is 126 Å². The summed E-state index contributed by atoms with van der Waals surface area (Å²) in [5, 5.41) is 14.1. The first-order chi connectivity index (χ1) is 6.70. The van der Waals surface area contributed by atoms with Crippen molar-refractivity contribution in [1.29, 1.82) is 0 Å². The van der Waals surface area contributed by atoms with Crippen LogP contribution < -0.4 is 22.1 Å². The Bertz CT molecular complexity index is 190. The van der Waals surface area contributed by atoms with Crippen molar-refractivity contribution >= 4 is 24.3 Å². The summed E-state index contributed by atoms with van der Waals surface area (Å²) >= 11 is 0. The maximum absolute atomic E-state index is 10.2. The lowest BCUT2D eigenvalue weighted by Crippen LogP contribution is -2.42. The summed E-state index contributed by atoms with van der Waals surface area (Å²) in [4.78, 5) is 14.0. The van der Waals surface area contributed by atoms with Crippen LogP contribution in [0.25, 0.3) is 0 Å². The highest BCUT2D eigenvalue weighted by atomic mass is 35.5. The zero-order chi connectivity index (χ0) is 10.8. The van der Waals surface area contributed by atoms with Gasteiger partial charge in [-0.25, -0.2) is 4.99 Å². The summed E-state index contributed by atoms with van der Waals surface area (Å²) < 4.78 is 0. The monoisotopic (exact) mass is 239 g/mol. The van der Waals surface area contributed by atoms with Crippen LogP contribution in [0.1, 0.15) is 0 Å².